The Hall–Kier alpha value is -2.68. The van der Waals surface area contributed by atoms with Gasteiger partial charge in [-0.2, -0.15) is 10.5 Å². The largest absolute Gasteiger partial charge is 0.350 e. The molecule has 0 aliphatic rings. The molecule has 8 heteroatoms. The number of nitriles is 2. The number of carbonyl (C=O) groups is 2. The highest BCUT2D eigenvalue weighted by Crippen LogP contribution is 2.16. The molecule has 0 aliphatic heterocycles. The van der Waals surface area contributed by atoms with Crippen LogP contribution in [0.25, 0.3) is 0 Å². The number of hydrogen-bond donors (Lipinski definition) is 1. The molecule has 2 amide bonds. The second-order valence-electron chi connectivity index (χ2n) is 4.61. The quantitative estimate of drug-likeness (QED) is 0.897. The zero-order chi connectivity index (χ0) is 16.8. The van der Waals surface area contributed by atoms with Crippen molar-refractivity contribution >= 4 is 34.5 Å². The van der Waals surface area contributed by atoms with E-state index >= 15 is 0 Å². The summed E-state index contributed by atoms with van der Waals surface area (Å²) in [6, 6.07) is 7.04. The Bertz CT molecular complexity index is 810. The van der Waals surface area contributed by atoms with Crippen molar-refractivity contribution in [3.63, 3.8) is 0 Å². The molecule has 0 aromatic carbocycles. The minimum atomic E-state index is -0.264. The maximum atomic E-state index is 12.1. The molecule has 0 saturated heterocycles. The van der Waals surface area contributed by atoms with Gasteiger partial charge in [-0.05, 0) is 12.1 Å². The standard InChI is InChI=1S/C15H12N4O2S2/c1-19(15(21)13-5-11(7-17)9-23-13)3-2-18-14(20)12-4-10(6-16)8-22-12/h4-5,8-9H,2-3H2,1H3,(H,18,20). The van der Waals surface area contributed by atoms with Gasteiger partial charge in [0, 0.05) is 30.9 Å². The van der Waals surface area contributed by atoms with Gasteiger partial charge in [-0.1, -0.05) is 0 Å². The van der Waals surface area contributed by atoms with E-state index in [0.717, 1.165) is 0 Å². The van der Waals surface area contributed by atoms with Crippen molar-refractivity contribution in [3.05, 3.63) is 43.8 Å². The summed E-state index contributed by atoms with van der Waals surface area (Å²) in [5.74, 6) is -0.450. The molecule has 1 N–H and O–H groups in total. The molecule has 0 radical (unpaired) electrons. The molecular formula is C15H12N4O2S2. The second-order valence-corrected chi connectivity index (χ2v) is 6.43. The van der Waals surface area contributed by atoms with Gasteiger partial charge >= 0.3 is 0 Å². The lowest BCUT2D eigenvalue weighted by atomic mass is 10.3. The van der Waals surface area contributed by atoms with Gasteiger partial charge < -0.3 is 10.2 Å². The average Bonchev–Trinajstić information content (AvgIpc) is 3.22. The van der Waals surface area contributed by atoms with Crippen LogP contribution in [-0.2, 0) is 0 Å². The molecule has 2 aromatic heterocycles. The molecule has 2 aromatic rings. The van der Waals surface area contributed by atoms with E-state index in [1.807, 2.05) is 12.1 Å². The molecule has 0 aliphatic carbocycles. The van der Waals surface area contributed by atoms with E-state index in [1.165, 1.54) is 33.6 Å². The van der Waals surface area contributed by atoms with E-state index in [4.69, 9.17) is 10.5 Å². The number of rotatable bonds is 5. The summed E-state index contributed by atoms with van der Waals surface area (Å²) in [6.07, 6.45) is 0. The lowest BCUT2D eigenvalue weighted by Gasteiger charge is -2.16. The number of likely N-dealkylation sites (N-methyl/N-ethyl adjacent to an activating group) is 1. The highest BCUT2D eigenvalue weighted by Gasteiger charge is 2.15. The predicted octanol–water partition coefficient (Wildman–Crippen LogP) is 2.05. The molecule has 23 heavy (non-hydrogen) atoms. The summed E-state index contributed by atoms with van der Waals surface area (Å²) < 4.78 is 0. The van der Waals surface area contributed by atoms with Crippen molar-refractivity contribution in [1.29, 1.82) is 10.5 Å². The minimum absolute atomic E-state index is 0.186. The smallest absolute Gasteiger partial charge is 0.263 e. The Morgan fingerprint density at radius 2 is 1.70 bits per heavy atom. The van der Waals surface area contributed by atoms with Crippen molar-refractivity contribution in [3.8, 4) is 12.1 Å². The molecule has 0 saturated carbocycles. The molecular weight excluding hydrogens is 332 g/mol. The third-order valence-corrected chi connectivity index (χ3v) is 4.82. The Morgan fingerprint density at radius 3 is 2.26 bits per heavy atom. The zero-order valence-corrected chi connectivity index (χ0v) is 13.8. The fourth-order valence-electron chi connectivity index (χ4n) is 1.73. The summed E-state index contributed by atoms with van der Waals surface area (Å²) in [5.41, 5.74) is 0.921. The number of nitrogens with one attached hydrogen (secondary N) is 1. The Balaban J connectivity index is 1.83. The lowest BCUT2D eigenvalue weighted by Crippen LogP contribution is -2.35. The van der Waals surface area contributed by atoms with Crippen molar-refractivity contribution in [2.45, 2.75) is 0 Å². The first kappa shape index (κ1) is 16.7. The fourth-order valence-corrected chi connectivity index (χ4v) is 3.31. The van der Waals surface area contributed by atoms with Gasteiger partial charge in [0.15, 0.2) is 0 Å². The van der Waals surface area contributed by atoms with E-state index in [9.17, 15) is 9.59 Å². The molecule has 0 fully saturated rings. The summed E-state index contributed by atoms with van der Waals surface area (Å²) >= 11 is 2.43. The van der Waals surface area contributed by atoms with Gasteiger partial charge in [0.1, 0.15) is 12.1 Å². The van der Waals surface area contributed by atoms with Gasteiger partial charge in [-0.15, -0.1) is 22.7 Å². The fraction of sp³-hybridized carbons (Fsp3) is 0.200. The third kappa shape index (κ3) is 4.16. The van der Waals surface area contributed by atoms with Crippen LogP contribution in [0.2, 0.25) is 0 Å². The normalized spacial score (nSPS) is 9.70. The van der Waals surface area contributed by atoms with E-state index < -0.39 is 0 Å². The van der Waals surface area contributed by atoms with Gasteiger partial charge in [0.2, 0.25) is 0 Å². The number of carbonyl (C=O) groups excluding carboxylic acids is 2. The number of thiophene rings is 2. The van der Waals surface area contributed by atoms with Crippen molar-refractivity contribution in [1.82, 2.24) is 10.2 Å². The first-order valence-corrected chi connectivity index (χ1v) is 8.32. The Kier molecular flexibility index (Phi) is 5.47. The SMILES string of the molecule is CN(CCNC(=O)c1cc(C#N)cs1)C(=O)c1cc(C#N)cs1. The Morgan fingerprint density at radius 1 is 1.13 bits per heavy atom. The van der Waals surface area contributed by atoms with Crippen LogP contribution in [0, 0.1) is 22.7 Å². The molecule has 2 rings (SSSR count). The van der Waals surface area contributed by atoms with Gasteiger partial charge in [0.05, 0.1) is 20.9 Å². The summed E-state index contributed by atoms with van der Waals surface area (Å²) in [4.78, 5) is 26.5. The van der Waals surface area contributed by atoms with Crippen LogP contribution < -0.4 is 5.32 Å². The minimum Gasteiger partial charge on any atom is -0.350 e. The molecule has 0 unspecified atom stereocenters. The first-order chi connectivity index (χ1) is 11.0. The van der Waals surface area contributed by atoms with Crippen molar-refractivity contribution in [2.75, 3.05) is 20.1 Å². The highest BCUT2D eigenvalue weighted by atomic mass is 32.1. The zero-order valence-electron chi connectivity index (χ0n) is 12.2. The predicted molar refractivity (Wildman–Crippen MR) is 87.4 cm³/mol. The second kappa shape index (κ2) is 7.54. The Labute approximate surface area is 141 Å². The topological polar surface area (TPSA) is 97.0 Å². The monoisotopic (exact) mass is 344 g/mol. The van der Waals surface area contributed by atoms with Crippen molar-refractivity contribution in [2.24, 2.45) is 0 Å². The van der Waals surface area contributed by atoms with E-state index in [2.05, 4.69) is 5.32 Å². The summed E-state index contributed by atoms with van der Waals surface area (Å²) in [6.45, 7) is 0.651. The summed E-state index contributed by atoms with van der Waals surface area (Å²) in [7, 11) is 1.64. The van der Waals surface area contributed by atoms with Crippen LogP contribution in [0.15, 0.2) is 22.9 Å². The number of amides is 2. The van der Waals surface area contributed by atoms with Crippen LogP contribution in [-0.4, -0.2) is 36.9 Å². The van der Waals surface area contributed by atoms with Gasteiger partial charge in [0.25, 0.3) is 11.8 Å². The van der Waals surface area contributed by atoms with Crippen LogP contribution >= 0.6 is 22.7 Å². The van der Waals surface area contributed by atoms with Crippen LogP contribution in [0.1, 0.15) is 30.5 Å². The lowest BCUT2D eigenvalue weighted by molar-refractivity contribution is 0.0792. The maximum absolute atomic E-state index is 12.1. The first-order valence-electron chi connectivity index (χ1n) is 6.56. The molecule has 116 valence electrons. The average molecular weight is 344 g/mol. The van der Waals surface area contributed by atoms with Crippen molar-refractivity contribution < 1.29 is 9.59 Å². The molecule has 0 bridgehead atoms. The van der Waals surface area contributed by atoms with Crippen LogP contribution in [0.5, 0.6) is 0 Å². The number of hydrogen-bond acceptors (Lipinski definition) is 6. The molecule has 6 nitrogen and oxygen atoms in total. The van der Waals surface area contributed by atoms with E-state index in [0.29, 0.717) is 34.0 Å². The van der Waals surface area contributed by atoms with Crippen LogP contribution in [0.3, 0.4) is 0 Å². The van der Waals surface area contributed by atoms with Gasteiger partial charge in [-0.25, -0.2) is 0 Å². The molecule has 2 heterocycles. The number of nitrogens with zero attached hydrogens (tertiary/aromatic N) is 3. The maximum Gasteiger partial charge on any atom is 0.263 e. The van der Waals surface area contributed by atoms with E-state index in [1.54, 1.807) is 23.9 Å². The summed E-state index contributed by atoms with van der Waals surface area (Å²) in [5, 5.41) is 23.5. The third-order valence-electron chi connectivity index (χ3n) is 2.97. The highest BCUT2D eigenvalue weighted by molar-refractivity contribution is 7.12. The van der Waals surface area contributed by atoms with E-state index in [-0.39, 0.29) is 11.8 Å². The molecule has 0 atom stereocenters. The van der Waals surface area contributed by atoms with Gasteiger partial charge in [-0.3, -0.25) is 9.59 Å². The molecule has 0 spiro atoms. The van der Waals surface area contributed by atoms with Crippen LogP contribution in [0.4, 0.5) is 0 Å².